The normalized spacial score (nSPS) is 23.0. The minimum absolute atomic E-state index is 0.211. The molecule has 1 aromatic carbocycles. The van der Waals surface area contributed by atoms with Crippen LogP contribution in [0.4, 0.5) is 8.78 Å². The van der Waals surface area contributed by atoms with Crippen LogP contribution in [0.5, 0.6) is 0 Å². The van der Waals surface area contributed by atoms with Crippen LogP contribution in [-0.4, -0.2) is 38.8 Å². The second-order valence-corrected chi connectivity index (χ2v) is 7.03. The number of hydrogen-bond acceptors (Lipinski definition) is 2. The maximum Gasteiger partial charge on any atom is 0.191 e. The summed E-state index contributed by atoms with van der Waals surface area (Å²) in [4.78, 5) is 4.23. The second kappa shape index (κ2) is 8.13. The molecule has 0 aromatic heterocycles. The van der Waals surface area contributed by atoms with Crippen LogP contribution in [0.1, 0.15) is 44.1 Å². The van der Waals surface area contributed by atoms with Gasteiger partial charge in [0.1, 0.15) is 11.6 Å². The summed E-state index contributed by atoms with van der Waals surface area (Å²) in [5, 5.41) is 6.54. The van der Waals surface area contributed by atoms with Gasteiger partial charge in [0.15, 0.2) is 5.96 Å². The Labute approximate surface area is 148 Å². The molecule has 4 nitrogen and oxygen atoms in total. The summed E-state index contributed by atoms with van der Waals surface area (Å²) in [5.74, 6) is -0.254. The number of nitrogens with one attached hydrogen (secondary N) is 2. The predicted molar refractivity (Wildman–Crippen MR) is 94.8 cm³/mol. The molecule has 2 fully saturated rings. The molecule has 1 aromatic rings. The van der Waals surface area contributed by atoms with Crippen LogP contribution < -0.4 is 10.6 Å². The minimum atomic E-state index is -0.517. The Kier molecular flexibility index (Phi) is 5.89. The highest BCUT2D eigenvalue weighted by Gasteiger charge is 2.40. The van der Waals surface area contributed by atoms with Crippen molar-refractivity contribution in [1.29, 1.82) is 0 Å². The quantitative estimate of drug-likeness (QED) is 0.633. The Hall–Kier alpha value is -1.69. The predicted octanol–water partition coefficient (Wildman–Crippen LogP) is 3.12. The van der Waals surface area contributed by atoms with E-state index in [1.54, 1.807) is 7.05 Å². The summed E-state index contributed by atoms with van der Waals surface area (Å²) < 4.78 is 34.4. The van der Waals surface area contributed by atoms with Crippen molar-refractivity contribution in [3.63, 3.8) is 0 Å². The van der Waals surface area contributed by atoms with Crippen LogP contribution in [0.2, 0.25) is 0 Å². The van der Waals surface area contributed by atoms with Gasteiger partial charge in [-0.3, -0.25) is 4.99 Å². The minimum Gasteiger partial charge on any atom is -0.376 e. The third-order valence-electron chi connectivity index (χ3n) is 5.39. The van der Waals surface area contributed by atoms with Crippen molar-refractivity contribution in [1.82, 2.24) is 10.6 Å². The van der Waals surface area contributed by atoms with Crippen molar-refractivity contribution < 1.29 is 13.5 Å². The van der Waals surface area contributed by atoms with Crippen LogP contribution in [-0.2, 0) is 10.2 Å². The first kappa shape index (κ1) is 18.1. The highest BCUT2D eigenvalue weighted by Crippen LogP contribution is 2.42. The van der Waals surface area contributed by atoms with Gasteiger partial charge in [-0.1, -0.05) is 18.9 Å². The van der Waals surface area contributed by atoms with Gasteiger partial charge in [0.05, 0.1) is 6.10 Å². The van der Waals surface area contributed by atoms with Gasteiger partial charge in [0.25, 0.3) is 0 Å². The van der Waals surface area contributed by atoms with Crippen LogP contribution in [0, 0.1) is 11.6 Å². The number of benzene rings is 1. The van der Waals surface area contributed by atoms with Crippen molar-refractivity contribution in [3.05, 3.63) is 35.4 Å². The van der Waals surface area contributed by atoms with E-state index in [9.17, 15) is 8.78 Å². The van der Waals surface area contributed by atoms with E-state index in [-0.39, 0.29) is 11.7 Å². The summed E-state index contributed by atoms with van der Waals surface area (Å²) >= 11 is 0. The van der Waals surface area contributed by atoms with Crippen LogP contribution in [0.3, 0.4) is 0 Å². The lowest BCUT2D eigenvalue weighted by atomic mass is 9.78. The lowest BCUT2D eigenvalue weighted by molar-refractivity contribution is 0.113. The average molecular weight is 351 g/mol. The fourth-order valence-corrected chi connectivity index (χ4v) is 4.06. The van der Waals surface area contributed by atoms with Crippen molar-refractivity contribution in [2.24, 2.45) is 4.99 Å². The molecule has 1 unspecified atom stereocenters. The van der Waals surface area contributed by atoms with Crippen molar-refractivity contribution in [2.75, 3.05) is 26.7 Å². The fourth-order valence-electron chi connectivity index (χ4n) is 4.06. The number of guanidine groups is 1. The summed E-state index contributed by atoms with van der Waals surface area (Å²) in [7, 11) is 1.70. The number of ether oxygens (including phenoxy) is 1. The number of rotatable bonds is 5. The molecular formula is C19H27F2N3O. The SMILES string of the molecule is CN=C(NCC1CCCO1)NCC1(c2c(F)cccc2F)CCCC1. The lowest BCUT2D eigenvalue weighted by Gasteiger charge is -2.31. The highest BCUT2D eigenvalue weighted by molar-refractivity contribution is 5.79. The molecule has 1 saturated heterocycles. The van der Waals surface area contributed by atoms with E-state index < -0.39 is 17.0 Å². The molecule has 1 aliphatic heterocycles. The number of nitrogens with zero attached hydrogens (tertiary/aromatic N) is 1. The Bertz CT molecular complexity index is 588. The van der Waals surface area contributed by atoms with E-state index in [0.717, 1.165) is 45.1 Å². The van der Waals surface area contributed by atoms with Crippen molar-refractivity contribution in [2.45, 2.75) is 50.0 Å². The molecular weight excluding hydrogens is 324 g/mol. The first-order valence-corrected chi connectivity index (χ1v) is 9.15. The van der Waals surface area contributed by atoms with Crippen LogP contribution in [0.25, 0.3) is 0 Å². The zero-order chi connectivity index (χ0) is 17.7. The monoisotopic (exact) mass is 351 g/mol. The summed E-state index contributed by atoms with van der Waals surface area (Å²) in [6.45, 7) is 1.98. The van der Waals surface area contributed by atoms with Gasteiger partial charge >= 0.3 is 0 Å². The van der Waals surface area contributed by atoms with Gasteiger partial charge in [0.2, 0.25) is 0 Å². The molecule has 0 spiro atoms. The van der Waals surface area contributed by atoms with Crippen LogP contribution >= 0.6 is 0 Å². The van der Waals surface area contributed by atoms with Crippen molar-refractivity contribution in [3.8, 4) is 0 Å². The molecule has 1 saturated carbocycles. The molecule has 2 aliphatic rings. The average Bonchev–Trinajstić information content (AvgIpc) is 3.27. The fraction of sp³-hybridized carbons (Fsp3) is 0.632. The topological polar surface area (TPSA) is 45.7 Å². The first-order chi connectivity index (χ1) is 12.1. The summed E-state index contributed by atoms with van der Waals surface area (Å²) in [6.07, 6.45) is 5.88. The maximum atomic E-state index is 14.4. The van der Waals surface area contributed by atoms with E-state index in [2.05, 4.69) is 15.6 Å². The van der Waals surface area contributed by atoms with Crippen molar-refractivity contribution >= 4 is 5.96 Å². The van der Waals surface area contributed by atoms with Gasteiger partial charge in [-0.15, -0.1) is 0 Å². The van der Waals surface area contributed by atoms with Gasteiger partial charge in [-0.05, 0) is 37.8 Å². The Balaban J connectivity index is 1.67. The molecule has 138 valence electrons. The largest absolute Gasteiger partial charge is 0.376 e. The molecule has 25 heavy (non-hydrogen) atoms. The Morgan fingerprint density at radius 1 is 1.20 bits per heavy atom. The zero-order valence-electron chi connectivity index (χ0n) is 14.8. The molecule has 1 aliphatic carbocycles. The molecule has 0 bridgehead atoms. The molecule has 1 atom stereocenters. The van der Waals surface area contributed by atoms with Crippen LogP contribution in [0.15, 0.2) is 23.2 Å². The van der Waals surface area contributed by atoms with Gasteiger partial charge in [0, 0.05) is 37.7 Å². The third-order valence-corrected chi connectivity index (χ3v) is 5.39. The van der Waals surface area contributed by atoms with Gasteiger partial charge in [-0.2, -0.15) is 0 Å². The van der Waals surface area contributed by atoms with E-state index in [4.69, 9.17) is 4.74 Å². The second-order valence-electron chi connectivity index (χ2n) is 7.03. The summed E-state index contributed by atoms with van der Waals surface area (Å²) in [5.41, 5.74) is -0.300. The Morgan fingerprint density at radius 3 is 2.52 bits per heavy atom. The van der Waals surface area contributed by atoms with E-state index in [0.29, 0.717) is 19.0 Å². The first-order valence-electron chi connectivity index (χ1n) is 9.15. The van der Waals surface area contributed by atoms with E-state index in [1.807, 2.05) is 0 Å². The smallest absolute Gasteiger partial charge is 0.191 e. The van der Waals surface area contributed by atoms with E-state index in [1.165, 1.54) is 18.2 Å². The Morgan fingerprint density at radius 2 is 1.92 bits per heavy atom. The zero-order valence-corrected chi connectivity index (χ0v) is 14.8. The van der Waals surface area contributed by atoms with Gasteiger partial charge < -0.3 is 15.4 Å². The van der Waals surface area contributed by atoms with E-state index >= 15 is 0 Å². The molecule has 1 heterocycles. The highest BCUT2D eigenvalue weighted by atomic mass is 19.1. The third kappa shape index (κ3) is 4.11. The molecule has 0 radical (unpaired) electrons. The lowest BCUT2D eigenvalue weighted by Crippen LogP contribution is -2.47. The number of halogens is 2. The molecule has 2 N–H and O–H groups in total. The number of aliphatic imine (C=N–C) groups is 1. The number of hydrogen-bond donors (Lipinski definition) is 2. The van der Waals surface area contributed by atoms with Gasteiger partial charge in [-0.25, -0.2) is 8.78 Å². The molecule has 0 amide bonds. The molecule has 3 rings (SSSR count). The standard InChI is InChI=1S/C19H27F2N3O/c1-22-18(23-12-14-6-5-11-25-14)24-13-19(9-2-3-10-19)17-15(20)7-4-8-16(17)21/h4,7-8,14H,2-3,5-6,9-13H2,1H3,(H2,22,23,24). The molecule has 6 heteroatoms. The summed E-state index contributed by atoms with van der Waals surface area (Å²) in [6, 6.07) is 4.12. The maximum absolute atomic E-state index is 14.4.